The van der Waals surface area contributed by atoms with E-state index in [0.29, 0.717) is 23.8 Å². The van der Waals surface area contributed by atoms with Crippen molar-refractivity contribution in [2.45, 2.75) is 31.6 Å². The van der Waals surface area contributed by atoms with Crippen LogP contribution in [0.5, 0.6) is 0 Å². The SMILES string of the molecule is CSc1nc(NC(C)C)c2cnn(CCNC(=O)c3cccc(Br)c3)c2n1. The van der Waals surface area contributed by atoms with E-state index in [0.717, 1.165) is 21.3 Å². The molecular formula is C18H21BrN6OS. The summed E-state index contributed by atoms with van der Waals surface area (Å²) in [6.07, 6.45) is 3.71. The molecule has 1 amide bonds. The average molecular weight is 449 g/mol. The molecule has 0 radical (unpaired) electrons. The first-order valence-electron chi connectivity index (χ1n) is 8.55. The highest BCUT2D eigenvalue weighted by Gasteiger charge is 2.14. The fourth-order valence-electron chi connectivity index (χ4n) is 2.58. The Morgan fingerprint density at radius 1 is 1.33 bits per heavy atom. The number of aromatic nitrogens is 4. The van der Waals surface area contributed by atoms with Crippen molar-refractivity contribution in [3.8, 4) is 0 Å². The molecular weight excluding hydrogens is 428 g/mol. The number of hydrogen-bond donors (Lipinski definition) is 2. The maximum atomic E-state index is 12.3. The lowest BCUT2D eigenvalue weighted by atomic mass is 10.2. The number of halogens is 1. The standard InChI is InChI=1S/C18H21BrN6OS/c1-11(2)22-15-14-10-21-25(16(14)24-18(23-15)27-3)8-7-20-17(26)12-5-4-6-13(19)9-12/h4-6,9-11H,7-8H2,1-3H3,(H,20,26)(H,22,23,24). The molecule has 0 spiro atoms. The van der Waals surface area contributed by atoms with Gasteiger partial charge in [0.15, 0.2) is 10.8 Å². The average Bonchev–Trinajstić information content (AvgIpc) is 3.04. The minimum atomic E-state index is -0.116. The zero-order valence-electron chi connectivity index (χ0n) is 15.4. The number of benzene rings is 1. The van der Waals surface area contributed by atoms with Gasteiger partial charge < -0.3 is 10.6 Å². The number of thioether (sulfide) groups is 1. The van der Waals surface area contributed by atoms with Crippen LogP contribution in [0.3, 0.4) is 0 Å². The monoisotopic (exact) mass is 448 g/mol. The molecule has 0 unspecified atom stereocenters. The van der Waals surface area contributed by atoms with E-state index in [1.165, 1.54) is 11.8 Å². The van der Waals surface area contributed by atoms with E-state index in [-0.39, 0.29) is 11.9 Å². The Bertz CT molecular complexity index is 958. The summed E-state index contributed by atoms with van der Waals surface area (Å²) >= 11 is 4.87. The molecule has 2 aromatic heterocycles. The van der Waals surface area contributed by atoms with Crippen molar-refractivity contribution in [2.24, 2.45) is 0 Å². The van der Waals surface area contributed by atoms with Crippen molar-refractivity contribution in [3.05, 3.63) is 40.5 Å². The number of hydrogen-bond acceptors (Lipinski definition) is 6. The number of carbonyl (C=O) groups excluding carboxylic acids is 1. The molecule has 0 saturated carbocycles. The van der Waals surface area contributed by atoms with Gasteiger partial charge in [0.2, 0.25) is 0 Å². The van der Waals surface area contributed by atoms with Crippen molar-refractivity contribution in [1.29, 1.82) is 0 Å². The summed E-state index contributed by atoms with van der Waals surface area (Å²) in [4.78, 5) is 21.4. The van der Waals surface area contributed by atoms with Crippen molar-refractivity contribution in [3.63, 3.8) is 0 Å². The highest BCUT2D eigenvalue weighted by atomic mass is 79.9. The van der Waals surface area contributed by atoms with Gasteiger partial charge in [-0.25, -0.2) is 14.6 Å². The predicted molar refractivity (Wildman–Crippen MR) is 112 cm³/mol. The fourth-order valence-corrected chi connectivity index (χ4v) is 3.34. The van der Waals surface area contributed by atoms with Gasteiger partial charge in [0.05, 0.1) is 18.1 Å². The van der Waals surface area contributed by atoms with Crippen molar-refractivity contribution < 1.29 is 4.79 Å². The lowest BCUT2D eigenvalue weighted by molar-refractivity contribution is 0.0952. The topological polar surface area (TPSA) is 84.7 Å². The van der Waals surface area contributed by atoms with Crippen LogP contribution in [0.15, 0.2) is 40.1 Å². The largest absolute Gasteiger partial charge is 0.367 e. The molecule has 0 fully saturated rings. The number of carbonyl (C=O) groups is 1. The number of nitrogens with one attached hydrogen (secondary N) is 2. The van der Waals surface area contributed by atoms with Crippen LogP contribution >= 0.6 is 27.7 Å². The van der Waals surface area contributed by atoms with E-state index in [2.05, 4.69) is 55.5 Å². The Balaban J connectivity index is 1.74. The molecule has 0 aliphatic rings. The van der Waals surface area contributed by atoms with Crippen LogP contribution in [0.1, 0.15) is 24.2 Å². The van der Waals surface area contributed by atoms with E-state index >= 15 is 0 Å². The second-order valence-electron chi connectivity index (χ2n) is 6.23. The van der Waals surface area contributed by atoms with Crippen molar-refractivity contribution in [2.75, 3.05) is 18.1 Å². The Morgan fingerprint density at radius 3 is 2.85 bits per heavy atom. The van der Waals surface area contributed by atoms with Gasteiger partial charge in [-0.05, 0) is 38.3 Å². The van der Waals surface area contributed by atoms with Crippen LogP contribution < -0.4 is 10.6 Å². The summed E-state index contributed by atoms with van der Waals surface area (Å²) < 4.78 is 2.67. The zero-order valence-corrected chi connectivity index (χ0v) is 17.8. The molecule has 27 heavy (non-hydrogen) atoms. The van der Waals surface area contributed by atoms with Crippen LogP contribution in [0.25, 0.3) is 11.0 Å². The number of anilines is 1. The van der Waals surface area contributed by atoms with Gasteiger partial charge in [0.25, 0.3) is 5.91 Å². The third-order valence-corrected chi connectivity index (χ3v) is 4.82. The zero-order chi connectivity index (χ0) is 19.4. The van der Waals surface area contributed by atoms with E-state index < -0.39 is 0 Å². The van der Waals surface area contributed by atoms with E-state index in [1.54, 1.807) is 23.0 Å². The molecule has 3 rings (SSSR count). The third-order valence-electron chi connectivity index (χ3n) is 3.78. The van der Waals surface area contributed by atoms with Gasteiger partial charge in [-0.2, -0.15) is 5.10 Å². The fraction of sp³-hybridized carbons (Fsp3) is 0.333. The van der Waals surface area contributed by atoms with E-state index in [4.69, 9.17) is 0 Å². The summed E-state index contributed by atoms with van der Waals surface area (Å²) in [6, 6.07) is 7.56. The van der Waals surface area contributed by atoms with Crippen molar-refractivity contribution in [1.82, 2.24) is 25.1 Å². The second kappa shape index (κ2) is 8.71. The minimum absolute atomic E-state index is 0.116. The second-order valence-corrected chi connectivity index (χ2v) is 7.92. The highest BCUT2D eigenvalue weighted by Crippen LogP contribution is 2.23. The predicted octanol–water partition coefficient (Wildman–Crippen LogP) is 3.56. The maximum absolute atomic E-state index is 12.3. The van der Waals surface area contributed by atoms with Gasteiger partial charge in [-0.1, -0.05) is 33.8 Å². The minimum Gasteiger partial charge on any atom is -0.367 e. The lowest BCUT2D eigenvalue weighted by Crippen LogP contribution is -2.27. The molecule has 0 atom stereocenters. The van der Waals surface area contributed by atoms with Crippen LogP contribution in [0.4, 0.5) is 5.82 Å². The third kappa shape index (κ3) is 4.78. The number of amides is 1. The quantitative estimate of drug-likeness (QED) is 0.424. The Kier molecular flexibility index (Phi) is 6.33. The Morgan fingerprint density at radius 2 is 2.15 bits per heavy atom. The molecule has 142 valence electrons. The smallest absolute Gasteiger partial charge is 0.251 e. The van der Waals surface area contributed by atoms with Gasteiger partial charge in [-0.15, -0.1) is 0 Å². The number of rotatable bonds is 7. The van der Waals surface area contributed by atoms with Crippen LogP contribution in [-0.2, 0) is 6.54 Å². The molecule has 0 aliphatic heterocycles. The van der Waals surface area contributed by atoms with Crippen LogP contribution in [-0.4, -0.2) is 44.5 Å². The van der Waals surface area contributed by atoms with E-state index in [9.17, 15) is 4.79 Å². The number of fused-ring (bicyclic) bond motifs is 1. The van der Waals surface area contributed by atoms with Gasteiger partial charge in [0.1, 0.15) is 5.82 Å². The molecule has 0 saturated heterocycles. The molecule has 1 aromatic carbocycles. The Hall–Kier alpha value is -2.13. The molecule has 7 nitrogen and oxygen atoms in total. The maximum Gasteiger partial charge on any atom is 0.251 e. The summed E-state index contributed by atoms with van der Waals surface area (Å²) in [5, 5.41) is 12.3. The first-order valence-corrected chi connectivity index (χ1v) is 10.6. The molecule has 2 N–H and O–H groups in total. The molecule has 2 heterocycles. The normalized spacial score (nSPS) is 11.1. The van der Waals surface area contributed by atoms with Gasteiger partial charge in [-0.3, -0.25) is 4.79 Å². The molecule has 0 bridgehead atoms. The summed E-state index contributed by atoms with van der Waals surface area (Å²) in [5.41, 5.74) is 1.37. The lowest BCUT2D eigenvalue weighted by Gasteiger charge is -2.11. The van der Waals surface area contributed by atoms with Crippen LogP contribution in [0, 0.1) is 0 Å². The summed E-state index contributed by atoms with van der Waals surface area (Å²) in [6.45, 7) is 5.10. The highest BCUT2D eigenvalue weighted by molar-refractivity contribution is 9.10. The first kappa shape index (κ1) is 19.6. The van der Waals surface area contributed by atoms with Gasteiger partial charge >= 0.3 is 0 Å². The Labute approximate surface area is 170 Å². The van der Waals surface area contributed by atoms with Crippen LogP contribution in [0.2, 0.25) is 0 Å². The number of nitrogens with zero attached hydrogens (tertiary/aromatic N) is 4. The first-order chi connectivity index (χ1) is 13.0. The van der Waals surface area contributed by atoms with Gasteiger partial charge in [0, 0.05) is 22.6 Å². The molecule has 3 aromatic rings. The van der Waals surface area contributed by atoms with E-state index in [1.807, 2.05) is 18.4 Å². The van der Waals surface area contributed by atoms with Crippen molar-refractivity contribution >= 4 is 50.5 Å². The summed E-state index contributed by atoms with van der Waals surface area (Å²) in [5.74, 6) is 0.665. The molecule has 9 heteroatoms. The molecule has 0 aliphatic carbocycles. The summed E-state index contributed by atoms with van der Waals surface area (Å²) in [7, 11) is 0.